The van der Waals surface area contributed by atoms with E-state index in [1.54, 1.807) is 0 Å². The first-order chi connectivity index (χ1) is 9.07. The van der Waals surface area contributed by atoms with Gasteiger partial charge in [-0.25, -0.2) is 0 Å². The van der Waals surface area contributed by atoms with Crippen molar-refractivity contribution in [1.29, 1.82) is 0 Å². The number of piperazine rings is 1. The predicted octanol–water partition coefficient (Wildman–Crippen LogP) is 1.20. The number of nitrogens with two attached hydrogens (primary N) is 1. The van der Waals surface area contributed by atoms with Crippen LogP contribution in [-0.4, -0.2) is 54.0 Å². The quantitative estimate of drug-likeness (QED) is 0.834. The van der Waals surface area contributed by atoms with E-state index >= 15 is 0 Å². The highest BCUT2D eigenvalue weighted by molar-refractivity contribution is 5.84. The van der Waals surface area contributed by atoms with Gasteiger partial charge in [0.2, 0.25) is 5.91 Å². The molecule has 0 aromatic heterocycles. The Bertz CT molecular complexity index is 352. The Labute approximate surface area is 116 Å². The van der Waals surface area contributed by atoms with Crippen LogP contribution in [0, 0.1) is 5.41 Å². The van der Waals surface area contributed by atoms with Crippen molar-refractivity contribution < 1.29 is 4.79 Å². The lowest BCUT2D eigenvalue weighted by atomic mass is 9.82. The Balaban J connectivity index is 1.60. The molecule has 3 fully saturated rings. The lowest BCUT2D eigenvalue weighted by Crippen LogP contribution is -2.52. The third-order valence-corrected chi connectivity index (χ3v) is 5.55. The van der Waals surface area contributed by atoms with Crippen molar-refractivity contribution in [1.82, 2.24) is 9.80 Å². The van der Waals surface area contributed by atoms with Gasteiger partial charge in [0, 0.05) is 31.7 Å². The van der Waals surface area contributed by atoms with E-state index in [1.165, 1.54) is 13.0 Å². The van der Waals surface area contributed by atoms with E-state index in [2.05, 4.69) is 16.7 Å². The Morgan fingerprint density at radius 2 is 1.74 bits per heavy atom. The monoisotopic (exact) mass is 265 g/mol. The number of hydrogen-bond acceptors (Lipinski definition) is 3. The van der Waals surface area contributed by atoms with Gasteiger partial charge in [-0.05, 0) is 45.1 Å². The number of carbonyl (C=O) groups is 1. The molecule has 4 nitrogen and oxygen atoms in total. The van der Waals surface area contributed by atoms with Gasteiger partial charge in [-0.1, -0.05) is 6.92 Å². The van der Waals surface area contributed by atoms with E-state index in [0.29, 0.717) is 5.91 Å². The molecule has 2 N–H and O–H groups in total. The summed E-state index contributed by atoms with van der Waals surface area (Å²) >= 11 is 0. The van der Waals surface area contributed by atoms with Gasteiger partial charge in [-0.3, -0.25) is 9.69 Å². The highest BCUT2D eigenvalue weighted by atomic mass is 16.2. The van der Waals surface area contributed by atoms with Gasteiger partial charge in [-0.2, -0.15) is 0 Å². The molecule has 0 unspecified atom stereocenters. The van der Waals surface area contributed by atoms with Gasteiger partial charge in [0.25, 0.3) is 0 Å². The number of fused-ring (bicyclic) bond motifs is 2. The summed E-state index contributed by atoms with van der Waals surface area (Å²) < 4.78 is 0. The van der Waals surface area contributed by atoms with Gasteiger partial charge >= 0.3 is 0 Å². The minimum atomic E-state index is -0.0817. The van der Waals surface area contributed by atoms with Crippen molar-refractivity contribution in [3.05, 3.63) is 0 Å². The highest BCUT2D eigenvalue weighted by Gasteiger charge is 2.57. The first kappa shape index (κ1) is 13.4. The number of hydrogen-bond donors (Lipinski definition) is 1. The Morgan fingerprint density at radius 1 is 1.11 bits per heavy atom. The fourth-order valence-corrected chi connectivity index (χ4v) is 4.37. The van der Waals surface area contributed by atoms with Crippen LogP contribution in [0.5, 0.6) is 0 Å². The largest absolute Gasteiger partial charge is 0.340 e. The zero-order valence-electron chi connectivity index (χ0n) is 12.2. The van der Waals surface area contributed by atoms with E-state index in [4.69, 9.17) is 5.73 Å². The molecule has 2 bridgehead atoms. The minimum absolute atomic E-state index is 0.0142. The third kappa shape index (κ3) is 2.29. The van der Waals surface area contributed by atoms with Crippen LogP contribution in [0.2, 0.25) is 0 Å². The Kier molecular flexibility index (Phi) is 3.34. The van der Waals surface area contributed by atoms with Gasteiger partial charge in [0.05, 0.1) is 5.41 Å². The molecule has 0 spiro atoms. The minimum Gasteiger partial charge on any atom is -0.340 e. The zero-order valence-corrected chi connectivity index (χ0v) is 12.2. The van der Waals surface area contributed by atoms with Crippen molar-refractivity contribution in [2.45, 2.75) is 51.0 Å². The number of carbonyl (C=O) groups excluding carboxylic acids is 1. The highest BCUT2D eigenvalue weighted by Crippen LogP contribution is 2.56. The zero-order chi connectivity index (χ0) is 13.5. The summed E-state index contributed by atoms with van der Waals surface area (Å²) in [6.07, 6.45) is 6.29. The van der Waals surface area contributed by atoms with Crippen LogP contribution in [0.1, 0.15) is 45.4 Å². The Hall–Kier alpha value is -0.610. The number of amides is 1. The first-order valence-electron chi connectivity index (χ1n) is 7.88. The van der Waals surface area contributed by atoms with Crippen LogP contribution in [0.25, 0.3) is 0 Å². The van der Waals surface area contributed by atoms with Crippen molar-refractivity contribution in [2.75, 3.05) is 32.7 Å². The van der Waals surface area contributed by atoms with Crippen LogP contribution < -0.4 is 5.73 Å². The second-order valence-electron chi connectivity index (χ2n) is 6.95. The summed E-state index contributed by atoms with van der Waals surface area (Å²) in [5.41, 5.74) is 6.24. The summed E-state index contributed by atoms with van der Waals surface area (Å²) in [5.74, 6) is 0.411. The molecule has 2 aliphatic carbocycles. The molecule has 0 radical (unpaired) electrons. The standard InChI is InChI=1S/C15H27N3O/c1-2-7-17-8-10-18(11-9-17)13(19)14-3-5-15(16,12-14)6-4-14/h2-12,16H2,1H3. The molecule has 3 rings (SSSR count). The average molecular weight is 265 g/mol. The molecule has 4 heteroatoms. The molecule has 2 saturated carbocycles. The van der Waals surface area contributed by atoms with Gasteiger partial charge in [-0.15, -0.1) is 0 Å². The SMILES string of the molecule is CCCN1CCN(C(=O)C23CCC(N)(CC2)C3)CC1. The molecule has 0 aromatic carbocycles. The maximum Gasteiger partial charge on any atom is 0.228 e. The van der Waals surface area contributed by atoms with Crippen molar-refractivity contribution in [2.24, 2.45) is 11.1 Å². The molecule has 0 aromatic rings. The molecule has 1 heterocycles. The lowest BCUT2D eigenvalue weighted by Gasteiger charge is -2.39. The predicted molar refractivity (Wildman–Crippen MR) is 75.7 cm³/mol. The molecule has 1 aliphatic heterocycles. The normalized spacial score (nSPS) is 38.9. The maximum atomic E-state index is 12.8. The topological polar surface area (TPSA) is 49.6 Å². The molecular weight excluding hydrogens is 238 g/mol. The van der Waals surface area contributed by atoms with E-state index in [0.717, 1.165) is 58.3 Å². The lowest BCUT2D eigenvalue weighted by molar-refractivity contribution is -0.143. The molecule has 19 heavy (non-hydrogen) atoms. The number of nitrogens with zero attached hydrogens (tertiary/aromatic N) is 2. The van der Waals surface area contributed by atoms with Crippen LogP contribution in [-0.2, 0) is 4.79 Å². The molecule has 1 saturated heterocycles. The third-order valence-electron chi connectivity index (χ3n) is 5.55. The van der Waals surface area contributed by atoms with Crippen LogP contribution in [0.3, 0.4) is 0 Å². The summed E-state index contributed by atoms with van der Waals surface area (Å²) in [5, 5.41) is 0. The fourth-order valence-electron chi connectivity index (χ4n) is 4.37. The molecule has 1 amide bonds. The Morgan fingerprint density at radius 3 is 2.21 bits per heavy atom. The molecule has 108 valence electrons. The van der Waals surface area contributed by atoms with Gasteiger partial charge in [0.15, 0.2) is 0 Å². The van der Waals surface area contributed by atoms with Crippen LogP contribution in [0.15, 0.2) is 0 Å². The van der Waals surface area contributed by atoms with Crippen LogP contribution >= 0.6 is 0 Å². The fraction of sp³-hybridized carbons (Fsp3) is 0.933. The molecule has 3 aliphatic rings. The maximum absolute atomic E-state index is 12.8. The van der Waals surface area contributed by atoms with Crippen molar-refractivity contribution >= 4 is 5.91 Å². The summed E-state index contributed by atoms with van der Waals surface area (Å²) in [7, 11) is 0. The smallest absolute Gasteiger partial charge is 0.228 e. The van der Waals surface area contributed by atoms with Crippen LogP contribution in [0.4, 0.5) is 0 Å². The van der Waals surface area contributed by atoms with E-state index < -0.39 is 0 Å². The van der Waals surface area contributed by atoms with Gasteiger partial charge < -0.3 is 10.6 Å². The molecule has 0 atom stereocenters. The van der Waals surface area contributed by atoms with Gasteiger partial charge in [0.1, 0.15) is 0 Å². The first-order valence-corrected chi connectivity index (χ1v) is 7.88. The van der Waals surface area contributed by atoms with E-state index in [-0.39, 0.29) is 11.0 Å². The second-order valence-corrected chi connectivity index (χ2v) is 6.95. The van der Waals surface area contributed by atoms with Crippen molar-refractivity contribution in [3.8, 4) is 0 Å². The second kappa shape index (κ2) is 4.74. The summed E-state index contributed by atoms with van der Waals surface area (Å²) in [4.78, 5) is 17.4. The molecular formula is C15H27N3O. The summed E-state index contributed by atoms with van der Waals surface area (Å²) in [6, 6.07) is 0. The van der Waals surface area contributed by atoms with Crippen molar-refractivity contribution in [3.63, 3.8) is 0 Å². The van der Waals surface area contributed by atoms with E-state index in [1.807, 2.05) is 0 Å². The average Bonchev–Trinajstić information content (AvgIpc) is 2.94. The van der Waals surface area contributed by atoms with E-state index in [9.17, 15) is 4.79 Å². The summed E-state index contributed by atoms with van der Waals surface area (Å²) in [6.45, 7) is 7.30. The number of rotatable bonds is 3.